The molecule has 70 heavy (non-hydrogen) atoms. The number of rotatable bonds is 11. The van der Waals surface area contributed by atoms with E-state index in [0.29, 0.717) is 30.2 Å². The first-order valence-electron chi connectivity index (χ1n) is 22.1. The summed E-state index contributed by atoms with van der Waals surface area (Å²) < 4.78 is 42.2. The van der Waals surface area contributed by atoms with Gasteiger partial charge in [-0.15, -0.1) is 0 Å². The Morgan fingerprint density at radius 2 is 1.14 bits per heavy atom. The smallest absolute Gasteiger partial charge is 0.293 e. The maximum atomic E-state index is 13.6. The van der Waals surface area contributed by atoms with Gasteiger partial charge in [-0.2, -0.15) is 0 Å². The monoisotopic (exact) mass is 1170 g/mol. The van der Waals surface area contributed by atoms with E-state index in [2.05, 4.69) is 42.6 Å². The van der Waals surface area contributed by atoms with Crippen LogP contribution in [0.1, 0.15) is 59.3 Å². The van der Waals surface area contributed by atoms with E-state index in [1.165, 1.54) is 24.3 Å². The molecule has 353 valence electrons. The minimum absolute atomic E-state index is 0. The Balaban J connectivity index is 0.000000220. The number of benzene rings is 4. The number of oxime groups is 2. The number of piperidine rings is 2. The van der Waals surface area contributed by atoms with E-state index in [9.17, 15) is 13.6 Å². The molecule has 2 aromatic heterocycles. The first kappa shape index (κ1) is 55.0. The number of nitrogens with zero attached hydrogens (tertiary/aromatic N) is 8. The van der Waals surface area contributed by atoms with Gasteiger partial charge in [0.15, 0.2) is 18.0 Å². The molecule has 0 aliphatic carbocycles. The van der Waals surface area contributed by atoms with Crippen LogP contribution in [0.2, 0.25) is 0 Å². The van der Waals surface area contributed by atoms with Gasteiger partial charge in [0.1, 0.15) is 23.1 Å². The van der Waals surface area contributed by atoms with Crippen molar-refractivity contribution < 1.29 is 131 Å². The number of carbonyl (C=O) groups is 1. The molecule has 4 aliphatic rings. The number of halogens is 2. The zero-order chi connectivity index (χ0) is 46.7. The minimum atomic E-state index is -1.39. The van der Waals surface area contributed by atoms with Crippen LogP contribution < -0.4 is 14.8 Å². The number of ether oxygens (including phenoxy) is 2. The molecule has 1 N–H and O–H groups in total. The third-order valence-corrected chi connectivity index (χ3v) is 12.3. The number of carbonyl (C=O) groups excluding carboxylic acids is 1. The van der Waals surface area contributed by atoms with Crippen LogP contribution in [0, 0.1) is 25.5 Å². The zero-order valence-corrected chi connectivity index (χ0v) is 48.2. The number of fused-ring (bicyclic) bond motifs is 2. The Morgan fingerprint density at radius 1 is 0.671 bits per heavy atom. The van der Waals surface area contributed by atoms with Crippen LogP contribution >= 0.6 is 0 Å². The van der Waals surface area contributed by atoms with Crippen molar-refractivity contribution in [3.05, 3.63) is 166 Å². The molecule has 0 spiro atoms. The van der Waals surface area contributed by atoms with E-state index in [0.717, 1.165) is 101 Å². The minimum Gasteiger partial charge on any atom is -0.495 e. The summed E-state index contributed by atoms with van der Waals surface area (Å²) >= 11 is 0. The summed E-state index contributed by atoms with van der Waals surface area (Å²) in [5, 5.41) is 12.0. The molecule has 2 fully saturated rings. The SMILES string of the molecule is CNC[C@]1(c2ccc(F)cc2)ON=C2/C(=C/c3ccc(-n4cnc(C)c4)c(OC)c3)CCCN21.COc1cc(/C=C2\CCCN3C2=NO[C@]3(C=O)c2ccc(F)cc2)ccc1-n1cnc(C)c1.[Y].[Y].[Y]. The first-order chi connectivity index (χ1) is 32.6. The summed E-state index contributed by atoms with van der Waals surface area (Å²) in [4.78, 5) is 36.6. The second-order valence-electron chi connectivity index (χ2n) is 16.7. The fraction of sp³-hybridized carbons (Fsp3) is 0.275. The maximum absolute atomic E-state index is 13.6. The van der Waals surface area contributed by atoms with Crippen LogP contribution in [0.4, 0.5) is 8.78 Å². The van der Waals surface area contributed by atoms with Gasteiger partial charge in [0.25, 0.3) is 5.72 Å². The summed E-state index contributed by atoms with van der Waals surface area (Å²) in [5.41, 5.74) is 6.92. The van der Waals surface area contributed by atoms with Crippen molar-refractivity contribution in [1.82, 2.24) is 34.2 Å². The number of hydrogen-bond acceptors (Lipinski definition) is 12. The molecule has 19 heteroatoms. The Labute approximate surface area is 481 Å². The maximum Gasteiger partial charge on any atom is 0.293 e. The molecule has 0 unspecified atom stereocenters. The van der Waals surface area contributed by atoms with E-state index >= 15 is 0 Å². The average Bonchev–Trinajstić information content (AvgIpc) is 4.16. The number of aromatic nitrogens is 4. The quantitative estimate of drug-likeness (QED) is 0.126. The second-order valence-corrected chi connectivity index (χ2v) is 16.7. The molecule has 4 aromatic carbocycles. The number of imidazole rings is 2. The van der Waals surface area contributed by atoms with E-state index in [4.69, 9.17) is 19.1 Å². The van der Waals surface area contributed by atoms with Crippen molar-refractivity contribution in [1.29, 1.82) is 0 Å². The molecule has 3 radical (unpaired) electrons. The molecular formula is C51H51F2N9O5Y3. The van der Waals surface area contributed by atoms with Gasteiger partial charge in [-0.1, -0.05) is 34.6 Å². The van der Waals surface area contributed by atoms with Gasteiger partial charge >= 0.3 is 0 Å². The fourth-order valence-electron chi connectivity index (χ4n) is 9.07. The third-order valence-electron chi connectivity index (χ3n) is 12.3. The number of hydrogen-bond donors (Lipinski definition) is 1. The molecule has 10 rings (SSSR count). The summed E-state index contributed by atoms with van der Waals surface area (Å²) in [6, 6.07) is 24.3. The normalized spacial score (nSPS) is 19.9. The van der Waals surface area contributed by atoms with Crippen LogP contribution in [0.25, 0.3) is 23.5 Å². The van der Waals surface area contributed by atoms with Gasteiger partial charge in [-0.25, -0.2) is 18.7 Å². The predicted octanol–water partition coefficient (Wildman–Crippen LogP) is 8.42. The van der Waals surface area contributed by atoms with Gasteiger partial charge in [-0.05, 0) is 142 Å². The first-order valence-corrected chi connectivity index (χ1v) is 22.1. The van der Waals surface area contributed by atoms with Gasteiger partial charge in [0.2, 0.25) is 5.72 Å². The van der Waals surface area contributed by atoms with Crippen LogP contribution in [0.15, 0.2) is 131 Å². The van der Waals surface area contributed by atoms with Crippen molar-refractivity contribution in [3.63, 3.8) is 0 Å². The van der Waals surface area contributed by atoms with Crippen molar-refractivity contribution >= 4 is 30.1 Å². The molecule has 6 heterocycles. The van der Waals surface area contributed by atoms with E-state index in [1.54, 1.807) is 51.1 Å². The van der Waals surface area contributed by atoms with Crippen molar-refractivity contribution in [2.45, 2.75) is 51.0 Å². The van der Waals surface area contributed by atoms with E-state index in [-0.39, 0.29) is 110 Å². The molecule has 0 bridgehead atoms. The summed E-state index contributed by atoms with van der Waals surface area (Å²) in [7, 11) is 5.19. The zero-order valence-electron chi connectivity index (χ0n) is 39.7. The average molecular weight is 1170 g/mol. The Kier molecular flexibility index (Phi) is 18.8. The molecule has 6 aromatic rings. The summed E-state index contributed by atoms with van der Waals surface area (Å²) in [6.07, 6.45) is 15.8. The van der Waals surface area contributed by atoms with Crippen LogP contribution in [-0.4, -0.2) is 87.8 Å². The summed E-state index contributed by atoms with van der Waals surface area (Å²) in [6.45, 7) is 5.82. The number of aryl methyl sites for hydroxylation is 2. The van der Waals surface area contributed by atoms with Crippen molar-refractivity contribution in [2.24, 2.45) is 10.3 Å². The Hall–Kier alpha value is -4.28. The number of amidine groups is 2. The number of aldehydes is 1. The molecule has 4 aliphatic heterocycles. The largest absolute Gasteiger partial charge is 0.495 e. The number of nitrogens with one attached hydrogen (secondary N) is 1. The van der Waals surface area contributed by atoms with Gasteiger partial charge in [-0.3, -0.25) is 4.79 Å². The Bertz CT molecular complexity index is 2930. The standard InChI is InChI=1S/C26H28FN5O2.C25H23FN4O3.3Y/c1-18-15-31(17-29-18)23-11-6-19(14-24(23)33-3)13-20-5-4-12-32-25(20)30-34-26(32,16-28-2)21-7-9-22(27)10-8-21;1-17-14-29(16-27-17)22-10-5-18(13-23(22)32-2)12-19-4-3-11-30-24(19)28-33-25(30,15-31)20-6-8-21(26)9-7-20;;;/h6-11,13-15,17,28H,4-5,12,16H2,1-3H3;5-10,12-16H,3-4,11H2,1-2H3;;;/b20-13+;19-12+;;;/t26-;25-;;;/m11.../s1. The molecule has 14 nitrogen and oxygen atoms in total. The third kappa shape index (κ3) is 11.0. The summed E-state index contributed by atoms with van der Waals surface area (Å²) in [5.74, 6) is 2.27. The predicted molar refractivity (Wildman–Crippen MR) is 251 cm³/mol. The van der Waals surface area contributed by atoms with Crippen LogP contribution in [-0.2, 0) is 124 Å². The Morgan fingerprint density at radius 3 is 1.60 bits per heavy atom. The fourth-order valence-corrected chi connectivity index (χ4v) is 9.07. The molecule has 2 atom stereocenters. The van der Waals surface area contributed by atoms with E-state index < -0.39 is 11.4 Å². The molecular weight excluding hydrogens is 1120 g/mol. The van der Waals surface area contributed by atoms with Crippen LogP contribution in [0.3, 0.4) is 0 Å². The van der Waals surface area contributed by atoms with Crippen molar-refractivity contribution in [3.8, 4) is 22.9 Å². The van der Waals surface area contributed by atoms with Gasteiger partial charge < -0.3 is 43.4 Å². The number of methoxy groups -OCH3 is 2. The second kappa shape index (κ2) is 24.0. The van der Waals surface area contributed by atoms with E-state index in [1.807, 2.05) is 83.7 Å². The van der Waals surface area contributed by atoms with Crippen LogP contribution in [0.5, 0.6) is 11.5 Å². The molecule has 0 saturated carbocycles. The van der Waals surface area contributed by atoms with Gasteiger partial charge in [0.05, 0.1) is 56.2 Å². The number of likely N-dealkylation sites (N-methyl/N-ethyl adjacent to an activating group) is 1. The van der Waals surface area contributed by atoms with Crippen molar-refractivity contribution in [2.75, 3.05) is 40.9 Å². The molecule has 2 saturated heterocycles. The topological polar surface area (TPSA) is 133 Å². The molecule has 0 amide bonds. The van der Waals surface area contributed by atoms with Gasteiger partial charge in [0, 0.05) is 135 Å².